The van der Waals surface area contributed by atoms with Crippen molar-refractivity contribution in [3.63, 3.8) is 0 Å². The fraction of sp³-hybridized carbons (Fsp3) is 0.522. The minimum Gasteiger partial charge on any atom is -0.465 e. The Kier molecular flexibility index (Phi) is 5.82. The number of rotatable bonds is 6. The van der Waals surface area contributed by atoms with Crippen molar-refractivity contribution in [3.8, 4) is 0 Å². The molecule has 1 aromatic rings. The Bertz CT molecular complexity index is 826. The maximum absolute atomic E-state index is 12.3. The van der Waals surface area contributed by atoms with E-state index in [1.54, 1.807) is 30.3 Å². The van der Waals surface area contributed by atoms with Gasteiger partial charge in [0.25, 0.3) is 5.91 Å². The largest absolute Gasteiger partial charge is 0.465 e. The molecule has 0 spiro atoms. The number of esters is 2. The maximum atomic E-state index is 12.3. The minimum absolute atomic E-state index is 0.0909. The number of nitrogens with one attached hydrogen (secondary N) is 1. The van der Waals surface area contributed by atoms with Crippen LogP contribution in [0.25, 0.3) is 6.08 Å². The van der Waals surface area contributed by atoms with Crippen LogP contribution < -0.4 is 5.32 Å². The lowest BCUT2D eigenvalue weighted by Crippen LogP contribution is -2.48. The number of ether oxygens (including phenoxy) is 2. The number of hydrogen-bond donors (Lipinski definition) is 1. The van der Waals surface area contributed by atoms with Gasteiger partial charge in [-0.3, -0.25) is 4.79 Å². The van der Waals surface area contributed by atoms with Crippen LogP contribution in [0.1, 0.15) is 56.0 Å². The molecular weight excluding hydrogens is 370 g/mol. The van der Waals surface area contributed by atoms with Gasteiger partial charge in [-0.15, -0.1) is 0 Å². The number of hydrogen-bond acceptors (Lipinski definition) is 5. The van der Waals surface area contributed by atoms with Gasteiger partial charge in [-0.05, 0) is 59.8 Å². The molecule has 156 valence electrons. The van der Waals surface area contributed by atoms with Crippen LogP contribution in [0.15, 0.2) is 30.3 Å². The predicted octanol–water partition coefficient (Wildman–Crippen LogP) is 3.36. The highest BCUT2D eigenvalue weighted by atomic mass is 16.5. The zero-order chi connectivity index (χ0) is 21.2. The summed E-state index contributed by atoms with van der Waals surface area (Å²) in [6.07, 6.45) is 6.16. The summed E-state index contributed by atoms with van der Waals surface area (Å²) in [5, 5.41) is 3.07. The second kappa shape index (κ2) is 8.01. The summed E-state index contributed by atoms with van der Waals surface area (Å²) < 4.78 is 9.71. The first kappa shape index (κ1) is 21.1. The van der Waals surface area contributed by atoms with Crippen molar-refractivity contribution in [2.75, 3.05) is 13.7 Å². The lowest BCUT2D eigenvalue weighted by atomic mass is 9.69. The van der Waals surface area contributed by atoms with Gasteiger partial charge in [-0.25, -0.2) is 9.59 Å². The number of carbonyl (C=O) groups excluding carboxylic acids is 3. The van der Waals surface area contributed by atoms with Gasteiger partial charge in [0.1, 0.15) is 0 Å². The molecule has 0 saturated heterocycles. The average Bonchev–Trinajstić information content (AvgIpc) is 3.04. The van der Waals surface area contributed by atoms with Crippen LogP contribution >= 0.6 is 0 Å². The monoisotopic (exact) mass is 399 g/mol. The molecule has 0 radical (unpaired) electrons. The highest BCUT2D eigenvalue weighted by molar-refractivity contribution is 5.91. The van der Waals surface area contributed by atoms with Gasteiger partial charge in [-0.1, -0.05) is 32.9 Å². The molecule has 2 saturated carbocycles. The number of fused-ring (bicyclic) bond motifs is 2. The van der Waals surface area contributed by atoms with E-state index in [2.05, 4.69) is 30.8 Å². The van der Waals surface area contributed by atoms with Crippen molar-refractivity contribution in [1.82, 2.24) is 5.32 Å². The smallest absolute Gasteiger partial charge is 0.337 e. The van der Waals surface area contributed by atoms with Gasteiger partial charge in [0.15, 0.2) is 6.61 Å². The van der Waals surface area contributed by atoms with E-state index in [0.717, 1.165) is 18.4 Å². The van der Waals surface area contributed by atoms with E-state index in [4.69, 9.17) is 4.74 Å². The van der Waals surface area contributed by atoms with Crippen molar-refractivity contribution in [2.24, 2.45) is 16.7 Å². The van der Waals surface area contributed by atoms with E-state index < -0.39 is 11.9 Å². The molecule has 3 rings (SSSR count). The van der Waals surface area contributed by atoms with Crippen LogP contribution in [0.2, 0.25) is 0 Å². The number of carbonyl (C=O) groups is 3. The van der Waals surface area contributed by atoms with Crippen LogP contribution in [0, 0.1) is 16.7 Å². The third kappa shape index (κ3) is 4.07. The quantitative estimate of drug-likeness (QED) is 0.586. The SMILES string of the molecule is COC(=O)c1ccc(/C=C/C(=O)OCC(=O)NC2CC3CCC2(C)C3(C)C)cc1. The molecule has 6 heteroatoms. The molecule has 29 heavy (non-hydrogen) atoms. The fourth-order valence-corrected chi connectivity index (χ4v) is 4.86. The molecule has 1 amide bonds. The average molecular weight is 399 g/mol. The van der Waals surface area contributed by atoms with Gasteiger partial charge in [-0.2, -0.15) is 0 Å². The summed E-state index contributed by atoms with van der Waals surface area (Å²) in [5.74, 6) is -0.632. The molecule has 0 aliphatic heterocycles. The Hall–Kier alpha value is -2.63. The second-order valence-electron chi connectivity index (χ2n) is 8.79. The summed E-state index contributed by atoms with van der Waals surface area (Å²) in [5.41, 5.74) is 1.47. The molecule has 2 bridgehead atoms. The number of methoxy groups -OCH3 is 1. The molecule has 2 aliphatic rings. The topological polar surface area (TPSA) is 81.7 Å². The molecule has 0 aromatic heterocycles. The van der Waals surface area contributed by atoms with Crippen LogP contribution in [0.4, 0.5) is 0 Å². The lowest BCUT2D eigenvalue weighted by molar-refractivity contribution is -0.144. The Morgan fingerprint density at radius 3 is 2.41 bits per heavy atom. The normalized spacial score (nSPS) is 27.0. The molecule has 3 atom stereocenters. The van der Waals surface area contributed by atoms with Crippen molar-refractivity contribution in [1.29, 1.82) is 0 Å². The molecule has 2 fully saturated rings. The van der Waals surface area contributed by atoms with Gasteiger partial charge in [0.05, 0.1) is 12.7 Å². The second-order valence-corrected chi connectivity index (χ2v) is 8.79. The van der Waals surface area contributed by atoms with E-state index in [9.17, 15) is 14.4 Å². The summed E-state index contributed by atoms with van der Waals surface area (Å²) in [4.78, 5) is 35.6. The van der Waals surface area contributed by atoms with Gasteiger partial charge in [0.2, 0.25) is 0 Å². The molecule has 3 unspecified atom stereocenters. The van der Waals surface area contributed by atoms with Crippen molar-refractivity contribution in [2.45, 2.75) is 46.1 Å². The van der Waals surface area contributed by atoms with Gasteiger partial charge in [0, 0.05) is 12.1 Å². The summed E-state index contributed by atoms with van der Waals surface area (Å²) in [6, 6.07) is 6.75. The van der Waals surface area contributed by atoms with Gasteiger partial charge < -0.3 is 14.8 Å². The summed E-state index contributed by atoms with van der Waals surface area (Å²) in [6.45, 7) is 6.55. The molecule has 0 heterocycles. The van der Waals surface area contributed by atoms with E-state index >= 15 is 0 Å². The van der Waals surface area contributed by atoms with Crippen LogP contribution in [-0.2, 0) is 19.1 Å². The van der Waals surface area contributed by atoms with Gasteiger partial charge >= 0.3 is 11.9 Å². The zero-order valence-corrected chi connectivity index (χ0v) is 17.5. The minimum atomic E-state index is -0.586. The highest BCUT2D eigenvalue weighted by Crippen LogP contribution is 2.65. The third-order valence-corrected chi connectivity index (χ3v) is 7.22. The van der Waals surface area contributed by atoms with Crippen LogP contribution in [0.3, 0.4) is 0 Å². The van der Waals surface area contributed by atoms with Crippen molar-refractivity contribution >= 4 is 23.9 Å². The van der Waals surface area contributed by atoms with Crippen LogP contribution in [-0.4, -0.2) is 37.6 Å². The van der Waals surface area contributed by atoms with Crippen molar-refractivity contribution in [3.05, 3.63) is 41.5 Å². The van der Waals surface area contributed by atoms with E-state index in [0.29, 0.717) is 11.5 Å². The molecular formula is C23H29NO5. The molecule has 2 aliphatic carbocycles. The Morgan fingerprint density at radius 1 is 1.17 bits per heavy atom. The summed E-state index contributed by atoms with van der Waals surface area (Å²) >= 11 is 0. The Morgan fingerprint density at radius 2 is 1.86 bits per heavy atom. The Labute approximate surface area is 171 Å². The van der Waals surface area contributed by atoms with E-state index in [1.165, 1.54) is 19.6 Å². The van der Waals surface area contributed by atoms with Crippen LogP contribution in [0.5, 0.6) is 0 Å². The maximum Gasteiger partial charge on any atom is 0.337 e. The van der Waals surface area contributed by atoms with E-state index in [1.807, 2.05) is 0 Å². The predicted molar refractivity (Wildman–Crippen MR) is 109 cm³/mol. The van der Waals surface area contributed by atoms with Crippen molar-refractivity contribution < 1.29 is 23.9 Å². The Balaban J connectivity index is 1.46. The molecule has 6 nitrogen and oxygen atoms in total. The first-order valence-corrected chi connectivity index (χ1v) is 10.00. The highest BCUT2D eigenvalue weighted by Gasteiger charge is 2.61. The standard InChI is InChI=1S/C23H29NO5/c1-22(2)17-11-12-23(22,3)18(13-17)24-19(25)14-29-20(26)10-7-15-5-8-16(9-6-15)21(27)28-4/h5-10,17-18H,11-14H2,1-4H3,(H,24,25)/b10-7+. The van der Waals surface area contributed by atoms with E-state index in [-0.39, 0.29) is 29.4 Å². The zero-order valence-electron chi connectivity index (χ0n) is 17.5. The molecule has 1 aromatic carbocycles. The lowest BCUT2D eigenvalue weighted by Gasteiger charge is -2.39. The molecule has 1 N–H and O–H groups in total. The third-order valence-electron chi connectivity index (χ3n) is 7.22. The number of benzene rings is 1. The summed E-state index contributed by atoms with van der Waals surface area (Å²) in [7, 11) is 1.32. The number of amides is 1. The first-order valence-electron chi connectivity index (χ1n) is 10.00. The fourth-order valence-electron chi connectivity index (χ4n) is 4.86. The first-order chi connectivity index (χ1) is 13.7.